The summed E-state index contributed by atoms with van der Waals surface area (Å²) in [5, 5.41) is 0. The number of rotatable bonds is 63. The predicted molar refractivity (Wildman–Crippen MR) is 339 cm³/mol. The standard InChI is InChI=1S/C72H130O6/c1-4-7-10-13-16-19-22-25-28-30-32-33-34-35-36-37-38-39-41-42-44-47-50-53-56-59-62-65-71(74)77-68-69(67-76-70(73)64-61-58-55-52-49-46-27-24-21-18-15-12-9-6-3)78-72(75)66-63-60-57-54-51-48-45-43-40-31-29-26-23-20-17-14-11-8-5-2/h17,20,24,26-27,29-30,32,40,43,69H,4-16,18-19,21-23,25,28,31,33-39,41-42,44-68H2,1-3H3/b20-17-,27-24-,29-26-,32-30-,43-40-. The average Bonchev–Trinajstić information content (AvgIpc) is 3.44. The fraction of sp³-hybridized carbons (Fsp3) is 0.819. The molecule has 0 aliphatic rings. The average molecular weight is 1090 g/mol. The van der Waals surface area contributed by atoms with Crippen molar-refractivity contribution < 1.29 is 28.6 Å². The van der Waals surface area contributed by atoms with Crippen molar-refractivity contribution in [3.63, 3.8) is 0 Å². The van der Waals surface area contributed by atoms with Crippen molar-refractivity contribution in [1.29, 1.82) is 0 Å². The van der Waals surface area contributed by atoms with Crippen molar-refractivity contribution in [2.45, 2.75) is 367 Å². The highest BCUT2D eigenvalue weighted by atomic mass is 16.6. The summed E-state index contributed by atoms with van der Waals surface area (Å²) >= 11 is 0. The fourth-order valence-corrected chi connectivity index (χ4v) is 10.0. The summed E-state index contributed by atoms with van der Waals surface area (Å²) in [6, 6.07) is 0. The lowest BCUT2D eigenvalue weighted by molar-refractivity contribution is -0.167. The molecule has 0 saturated heterocycles. The van der Waals surface area contributed by atoms with Crippen LogP contribution >= 0.6 is 0 Å². The first-order chi connectivity index (χ1) is 38.5. The predicted octanol–water partition coefficient (Wildman–Crippen LogP) is 23.5. The van der Waals surface area contributed by atoms with Crippen LogP contribution in [0.2, 0.25) is 0 Å². The molecule has 454 valence electrons. The highest BCUT2D eigenvalue weighted by Crippen LogP contribution is 2.17. The summed E-state index contributed by atoms with van der Waals surface area (Å²) in [7, 11) is 0. The van der Waals surface area contributed by atoms with Gasteiger partial charge in [0, 0.05) is 19.3 Å². The lowest BCUT2D eigenvalue weighted by Crippen LogP contribution is -2.30. The molecule has 0 aromatic heterocycles. The Hall–Kier alpha value is -2.89. The van der Waals surface area contributed by atoms with E-state index in [0.29, 0.717) is 19.3 Å². The van der Waals surface area contributed by atoms with Gasteiger partial charge in [0.05, 0.1) is 0 Å². The van der Waals surface area contributed by atoms with E-state index >= 15 is 0 Å². The molecule has 0 radical (unpaired) electrons. The Morgan fingerprint density at radius 2 is 0.462 bits per heavy atom. The molecule has 78 heavy (non-hydrogen) atoms. The number of hydrogen-bond acceptors (Lipinski definition) is 6. The lowest BCUT2D eigenvalue weighted by Gasteiger charge is -2.18. The van der Waals surface area contributed by atoms with Gasteiger partial charge in [-0.3, -0.25) is 14.4 Å². The maximum Gasteiger partial charge on any atom is 0.306 e. The topological polar surface area (TPSA) is 78.9 Å². The van der Waals surface area contributed by atoms with Crippen LogP contribution in [0.3, 0.4) is 0 Å². The summed E-state index contributed by atoms with van der Waals surface area (Å²) in [6.45, 7) is 6.64. The zero-order valence-electron chi connectivity index (χ0n) is 52.2. The van der Waals surface area contributed by atoms with Crippen LogP contribution in [0.1, 0.15) is 361 Å². The van der Waals surface area contributed by atoms with Crippen LogP contribution in [0.5, 0.6) is 0 Å². The highest BCUT2D eigenvalue weighted by Gasteiger charge is 2.19. The summed E-state index contributed by atoms with van der Waals surface area (Å²) in [6.07, 6.45) is 85.3. The van der Waals surface area contributed by atoms with Crippen LogP contribution < -0.4 is 0 Å². The Labute approximate surface area is 485 Å². The first-order valence-electron chi connectivity index (χ1n) is 34.3. The van der Waals surface area contributed by atoms with E-state index in [9.17, 15) is 14.4 Å². The molecule has 0 saturated carbocycles. The van der Waals surface area contributed by atoms with Gasteiger partial charge in [0.1, 0.15) is 13.2 Å². The van der Waals surface area contributed by atoms with Gasteiger partial charge in [0.2, 0.25) is 0 Å². The summed E-state index contributed by atoms with van der Waals surface area (Å²) in [5.41, 5.74) is 0. The first kappa shape index (κ1) is 75.1. The first-order valence-corrected chi connectivity index (χ1v) is 34.3. The zero-order chi connectivity index (χ0) is 56.4. The number of esters is 3. The van der Waals surface area contributed by atoms with Crippen molar-refractivity contribution in [2.75, 3.05) is 13.2 Å². The van der Waals surface area contributed by atoms with E-state index in [0.717, 1.165) is 89.9 Å². The number of hydrogen-bond donors (Lipinski definition) is 0. The molecule has 1 atom stereocenters. The van der Waals surface area contributed by atoms with Crippen LogP contribution in [0.15, 0.2) is 60.8 Å². The second kappa shape index (κ2) is 66.6. The molecule has 6 nitrogen and oxygen atoms in total. The van der Waals surface area contributed by atoms with E-state index in [1.165, 1.54) is 231 Å². The SMILES string of the molecule is CCCCC/C=C\C/C=C\C/C=C\CCCCCCCCC(=O)OC(COC(=O)CCCCCCC/C=C\CCCCCCC)COC(=O)CCCCCCCCCCCCCCCCC/C=C\CCCCCCCCCC. The van der Waals surface area contributed by atoms with E-state index in [1.54, 1.807) is 0 Å². The minimum Gasteiger partial charge on any atom is -0.462 e. The molecule has 0 spiro atoms. The molecule has 1 unspecified atom stereocenters. The Morgan fingerprint density at radius 1 is 0.256 bits per heavy atom. The smallest absolute Gasteiger partial charge is 0.306 e. The minimum absolute atomic E-state index is 0.0796. The second-order valence-electron chi connectivity index (χ2n) is 23.1. The summed E-state index contributed by atoms with van der Waals surface area (Å²) in [4.78, 5) is 38.4. The number of ether oxygens (including phenoxy) is 3. The van der Waals surface area contributed by atoms with Gasteiger partial charge < -0.3 is 14.2 Å². The third-order valence-corrected chi connectivity index (χ3v) is 15.2. The highest BCUT2D eigenvalue weighted by molar-refractivity contribution is 5.71. The van der Waals surface area contributed by atoms with Crippen molar-refractivity contribution in [1.82, 2.24) is 0 Å². The summed E-state index contributed by atoms with van der Waals surface area (Å²) < 4.78 is 17.0. The molecule has 0 aliphatic heterocycles. The van der Waals surface area contributed by atoms with Crippen LogP contribution in [-0.2, 0) is 28.6 Å². The quantitative estimate of drug-likeness (QED) is 0.0261. The van der Waals surface area contributed by atoms with Crippen LogP contribution in [0.25, 0.3) is 0 Å². The molecular weight excluding hydrogens is 961 g/mol. The molecule has 0 fully saturated rings. The van der Waals surface area contributed by atoms with Gasteiger partial charge >= 0.3 is 17.9 Å². The van der Waals surface area contributed by atoms with Crippen LogP contribution in [0, 0.1) is 0 Å². The molecule has 0 rings (SSSR count). The number of carbonyl (C=O) groups is 3. The van der Waals surface area contributed by atoms with Crippen molar-refractivity contribution >= 4 is 17.9 Å². The second-order valence-corrected chi connectivity index (χ2v) is 23.1. The molecule has 0 heterocycles. The maximum atomic E-state index is 12.9. The largest absolute Gasteiger partial charge is 0.462 e. The third-order valence-electron chi connectivity index (χ3n) is 15.2. The van der Waals surface area contributed by atoms with Crippen molar-refractivity contribution in [2.24, 2.45) is 0 Å². The van der Waals surface area contributed by atoms with Crippen LogP contribution in [-0.4, -0.2) is 37.2 Å². The van der Waals surface area contributed by atoms with Gasteiger partial charge in [-0.1, -0.05) is 293 Å². The Balaban J connectivity index is 4.27. The Morgan fingerprint density at radius 3 is 0.756 bits per heavy atom. The van der Waals surface area contributed by atoms with Crippen molar-refractivity contribution in [3.8, 4) is 0 Å². The number of unbranched alkanes of at least 4 members (excludes halogenated alkanes) is 42. The Bertz CT molecular complexity index is 1390. The van der Waals surface area contributed by atoms with E-state index < -0.39 is 6.10 Å². The molecule has 0 aromatic rings. The molecule has 0 N–H and O–H groups in total. The summed E-state index contributed by atoms with van der Waals surface area (Å²) in [5.74, 6) is -0.882. The maximum absolute atomic E-state index is 12.9. The molecule has 6 heteroatoms. The van der Waals surface area contributed by atoms with E-state index in [2.05, 4.69) is 81.5 Å². The molecule has 0 aliphatic carbocycles. The van der Waals surface area contributed by atoms with Crippen LogP contribution in [0.4, 0.5) is 0 Å². The minimum atomic E-state index is -0.785. The molecule has 0 aromatic carbocycles. The van der Waals surface area contributed by atoms with Gasteiger partial charge in [0.15, 0.2) is 6.10 Å². The van der Waals surface area contributed by atoms with E-state index in [1.807, 2.05) is 0 Å². The van der Waals surface area contributed by atoms with E-state index in [4.69, 9.17) is 14.2 Å². The number of allylic oxidation sites excluding steroid dienone is 10. The third kappa shape index (κ3) is 63.9. The lowest BCUT2D eigenvalue weighted by atomic mass is 10.0. The molecule has 0 bridgehead atoms. The Kier molecular flexibility index (Phi) is 64.2. The normalized spacial score (nSPS) is 12.4. The molecule has 0 amide bonds. The zero-order valence-corrected chi connectivity index (χ0v) is 52.2. The van der Waals surface area contributed by atoms with Gasteiger partial charge in [-0.05, 0) is 109 Å². The number of carbonyl (C=O) groups excluding carboxylic acids is 3. The van der Waals surface area contributed by atoms with E-state index in [-0.39, 0.29) is 31.1 Å². The van der Waals surface area contributed by atoms with Gasteiger partial charge in [-0.2, -0.15) is 0 Å². The van der Waals surface area contributed by atoms with Gasteiger partial charge in [-0.15, -0.1) is 0 Å². The fourth-order valence-electron chi connectivity index (χ4n) is 10.0. The van der Waals surface area contributed by atoms with Gasteiger partial charge in [-0.25, -0.2) is 0 Å². The van der Waals surface area contributed by atoms with Gasteiger partial charge in [0.25, 0.3) is 0 Å². The molecular formula is C72H130O6. The monoisotopic (exact) mass is 1090 g/mol. The van der Waals surface area contributed by atoms with Crippen molar-refractivity contribution in [3.05, 3.63) is 60.8 Å².